The van der Waals surface area contributed by atoms with E-state index in [0.717, 1.165) is 108 Å². The molecule has 3 aliphatic heterocycles. The van der Waals surface area contributed by atoms with Crippen LogP contribution in [-0.4, -0.2) is 78.3 Å². The SMILES string of the molecule is COC1CCN(CCCOc2cc3c(cc2SCCCCCCC(=O)NO)C2=Nc4cc(C#N)c(C)cc4CN2C=N3)C1. The van der Waals surface area contributed by atoms with Crippen LogP contribution in [0, 0.1) is 18.3 Å². The number of ether oxygens (including phenoxy) is 2. The second-order valence-electron chi connectivity index (χ2n) is 11.2. The summed E-state index contributed by atoms with van der Waals surface area (Å²) in [5.74, 6) is 2.25. The number of nitriles is 1. The first-order valence-electron chi connectivity index (χ1n) is 15.0. The zero-order valence-corrected chi connectivity index (χ0v) is 25.8. The highest BCUT2D eigenvalue weighted by molar-refractivity contribution is 7.99. The number of nitrogens with zero attached hydrogens (tertiary/aromatic N) is 5. The average Bonchev–Trinajstić information content (AvgIpc) is 3.49. The summed E-state index contributed by atoms with van der Waals surface area (Å²) in [7, 11) is 1.78. The van der Waals surface area contributed by atoms with Gasteiger partial charge < -0.3 is 19.3 Å². The number of fused-ring (bicyclic) bond motifs is 4. The maximum atomic E-state index is 11.2. The number of benzene rings is 2. The number of methoxy groups -OCH3 is 1. The van der Waals surface area contributed by atoms with Gasteiger partial charge in [-0.2, -0.15) is 5.26 Å². The fourth-order valence-electron chi connectivity index (χ4n) is 5.69. The van der Waals surface area contributed by atoms with E-state index in [1.165, 1.54) is 0 Å². The third-order valence-corrected chi connectivity index (χ3v) is 9.27. The van der Waals surface area contributed by atoms with Crippen LogP contribution in [0.1, 0.15) is 67.2 Å². The molecule has 2 aromatic rings. The van der Waals surface area contributed by atoms with Gasteiger partial charge in [-0.15, -0.1) is 11.8 Å². The number of hydrogen-bond donors (Lipinski definition) is 2. The number of nitrogens with one attached hydrogen (secondary N) is 1. The molecule has 1 amide bonds. The molecule has 0 saturated carbocycles. The van der Waals surface area contributed by atoms with Crippen molar-refractivity contribution in [3.8, 4) is 11.8 Å². The average molecular weight is 605 g/mol. The summed E-state index contributed by atoms with van der Waals surface area (Å²) < 4.78 is 11.9. The maximum absolute atomic E-state index is 11.2. The van der Waals surface area contributed by atoms with Crippen molar-refractivity contribution in [2.24, 2.45) is 9.98 Å². The zero-order chi connectivity index (χ0) is 30.2. The van der Waals surface area contributed by atoms with Gasteiger partial charge in [-0.05, 0) is 61.6 Å². The Labute approximate surface area is 257 Å². The van der Waals surface area contributed by atoms with E-state index in [1.54, 1.807) is 24.4 Å². The summed E-state index contributed by atoms with van der Waals surface area (Å²) in [5, 5.41) is 18.2. The molecule has 43 heavy (non-hydrogen) atoms. The van der Waals surface area contributed by atoms with Gasteiger partial charge in [0.1, 0.15) is 11.6 Å². The molecule has 1 unspecified atom stereocenters. The van der Waals surface area contributed by atoms with E-state index in [4.69, 9.17) is 24.7 Å². The number of hydroxylamine groups is 1. The fraction of sp³-hybridized carbons (Fsp3) is 0.500. The van der Waals surface area contributed by atoms with Crippen molar-refractivity contribution >= 4 is 41.2 Å². The standard InChI is InChI=1S/C32H40N6O4S/c1-22-14-24-19-38-21-34-28-17-29(42-12-7-10-37-11-9-25(20-37)41-2)30(43-13-6-4-3-5-8-31(39)36-40)16-26(28)32(38)35-27(24)15-23(22)18-33/h14-17,21,25,40H,3-13,19-20H2,1-2H3,(H,36,39). The lowest BCUT2D eigenvalue weighted by Gasteiger charge is -2.31. The second-order valence-corrected chi connectivity index (χ2v) is 12.4. The number of unbranched alkanes of at least 4 members (excludes halogenated alkanes) is 3. The van der Waals surface area contributed by atoms with Gasteiger partial charge in [0, 0.05) is 44.8 Å². The van der Waals surface area contributed by atoms with Crippen molar-refractivity contribution in [3.63, 3.8) is 0 Å². The molecule has 5 rings (SSSR count). The lowest BCUT2D eigenvalue weighted by Crippen LogP contribution is -2.34. The van der Waals surface area contributed by atoms with Crippen LogP contribution in [0.25, 0.3) is 0 Å². The minimum Gasteiger partial charge on any atom is -0.492 e. The molecule has 0 spiro atoms. The molecule has 3 heterocycles. The normalized spacial score (nSPS) is 17.1. The Balaban J connectivity index is 1.30. The molecular formula is C32H40N6O4S. The van der Waals surface area contributed by atoms with E-state index in [0.29, 0.717) is 31.2 Å². The minimum atomic E-state index is -0.336. The highest BCUT2D eigenvalue weighted by Crippen LogP contribution is 2.41. The molecule has 0 aliphatic carbocycles. The Hall–Kier alpha value is -3.43. The van der Waals surface area contributed by atoms with Gasteiger partial charge in [0.05, 0.1) is 53.5 Å². The number of hydrogen-bond acceptors (Lipinski definition) is 10. The van der Waals surface area contributed by atoms with Crippen molar-refractivity contribution in [1.29, 1.82) is 5.26 Å². The number of thioether (sulfide) groups is 1. The topological polar surface area (TPSA) is 123 Å². The molecule has 1 atom stereocenters. The van der Waals surface area contributed by atoms with Gasteiger partial charge in [0.25, 0.3) is 0 Å². The van der Waals surface area contributed by atoms with E-state index in [1.807, 2.05) is 31.5 Å². The third-order valence-electron chi connectivity index (χ3n) is 8.14. The Morgan fingerprint density at radius 1 is 1.19 bits per heavy atom. The van der Waals surface area contributed by atoms with Crippen molar-refractivity contribution in [2.45, 2.75) is 69.4 Å². The van der Waals surface area contributed by atoms with Crippen LogP contribution in [0.5, 0.6) is 5.75 Å². The van der Waals surface area contributed by atoms with Crippen molar-refractivity contribution in [1.82, 2.24) is 15.3 Å². The van der Waals surface area contributed by atoms with Crippen LogP contribution < -0.4 is 10.2 Å². The van der Waals surface area contributed by atoms with Crippen LogP contribution in [-0.2, 0) is 16.1 Å². The Bertz CT molecular complexity index is 1420. The van der Waals surface area contributed by atoms with E-state index < -0.39 is 0 Å². The smallest absolute Gasteiger partial charge is 0.243 e. The zero-order valence-electron chi connectivity index (χ0n) is 25.0. The van der Waals surface area contributed by atoms with Crippen LogP contribution in [0.15, 0.2) is 39.1 Å². The summed E-state index contributed by atoms with van der Waals surface area (Å²) in [6.45, 7) is 6.25. The summed E-state index contributed by atoms with van der Waals surface area (Å²) in [6.07, 6.45) is 8.23. The molecule has 0 bridgehead atoms. The first-order chi connectivity index (χ1) is 21.0. The van der Waals surface area contributed by atoms with Gasteiger partial charge in [-0.25, -0.2) is 15.5 Å². The van der Waals surface area contributed by atoms with Crippen LogP contribution in [0.3, 0.4) is 0 Å². The van der Waals surface area contributed by atoms with Gasteiger partial charge >= 0.3 is 0 Å². The number of amides is 1. The minimum absolute atomic E-state index is 0.332. The van der Waals surface area contributed by atoms with Crippen molar-refractivity contribution < 1.29 is 19.5 Å². The molecular weight excluding hydrogens is 564 g/mol. The molecule has 0 aromatic heterocycles. The highest BCUT2D eigenvalue weighted by atomic mass is 32.2. The number of amidine groups is 1. The fourth-order valence-corrected chi connectivity index (χ4v) is 6.72. The summed E-state index contributed by atoms with van der Waals surface area (Å²) >= 11 is 1.77. The highest BCUT2D eigenvalue weighted by Gasteiger charge is 2.27. The molecule has 228 valence electrons. The Morgan fingerprint density at radius 3 is 2.84 bits per heavy atom. The number of likely N-dealkylation sites (tertiary alicyclic amines) is 1. The van der Waals surface area contributed by atoms with E-state index in [2.05, 4.69) is 21.9 Å². The van der Waals surface area contributed by atoms with Gasteiger partial charge in [-0.3, -0.25) is 10.0 Å². The first-order valence-corrected chi connectivity index (χ1v) is 16.0. The molecule has 2 N–H and O–H groups in total. The van der Waals surface area contributed by atoms with Gasteiger partial charge in [0.2, 0.25) is 5.91 Å². The monoisotopic (exact) mass is 604 g/mol. The predicted octanol–water partition coefficient (Wildman–Crippen LogP) is 5.47. The number of aliphatic imine (C=N–C) groups is 2. The molecule has 1 saturated heterocycles. The largest absolute Gasteiger partial charge is 0.492 e. The molecule has 3 aliphatic rings. The van der Waals surface area contributed by atoms with Gasteiger partial charge in [0.15, 0.2) is 0 Å². The van der Waals surface area contributed by atoms with Crippen LogP contribution in [0.2, 0.25) is 0 Å². The number of rotatable bonds is 14. The maximum Gasteiger partial charge on any atom is 0.243 e. The van der Waals surface area contributed by atoms with E-state index in [9.17, 15) is 10.1 Å². The summed E-state index contributed by atoms with van der Waals surface area (Å²) in [4.78, 5) is 26.6. The first kappa shape index (κ1) is 31.0. The Kier molecular flexibility index (Phi) is 10.7. The number of aryl methyl sites for hydroxylation is 1. The quantitative estimate of drug-likeness (QED) is 0.126. The molecule has 2 aromatic carbocycles. The molecule has 0 radical (unpaired) electrons. The lowest BCUT2D eigenvalue weighted by molar-refractivity contribution is -0.129. The number of carbonyl (C=O) groups excluding carboxylic acids is 1. The van der Waals surface area contributed by atoms with E-state index in [-0.39, 0.29) is 5.91 Å². The third kappa shape index (κ3) is 7.75. The molecule has 1 fully saturated rings. The number of carbonyl (C=O) groups is 1. The second kappa shape index (κ2) is 14.8. The summed E-state index contributed by atoms with van der Waals surface area (Å²) in [5.41, 5.74) is 6.99. The Morgan fingerprint density at radius 2 is 2.05 bits per heavy atom. The lowest BCUT2D eigenvalue weighted by atomic mass is 10.0. The van der Waals surface area contributed by atoms with Gasteiger partial charge in [-0.1, -0.05) is 18.9 Å². The summed E-state index contributed by atoms with van der Waals surface area (Å²) in [6, 6.07) is 10.4. The predicted molar refractivity (Wildman–Crippen MR) is 168 cm³/mol. The van der Waals surface area contributed by atoms with E-state index >= 15 is 0 Å². The molecule has 10 nitrogen and oxygen atoms in total. The molecule has 11 heteroatoms. The van der Waals surface area contributed by atoms with Crippen LogP contribution >= 0.6 is 11.8 Å². The van der Waals surface area contributed by atoms with Crippen LogP contribution in [0.4, 0.5) is 11.4 Å². The van der Waals surface area contributed by atoms with Crippen molar-refractivity contribution in [3.05, 3.63) is 46.5 Å². The van der Waals surface area contributed by atoms with Crippen molar-refractivity contribution in [2.75, 3.05) is 39.1 Å².